The highest BCUT2D eigenvalue weighted by Crippen LogP contribution is 2.34. The van der Waals surface area contributed by atoms with Crippen LogP contribution in [0.5, 0.6) is 5.88 Å². The van der Waals surface area contributed by atoms with Crippen molar-refractivity contribution in [3.05, 3.63) is 47.5 Å². The van der Waals surface area contributed by atoms with E-state index in [1.54, 1.807) is 18.3 Å². The van der Waals surface area contributed by atoms with Gasteiger partial charge in [0.15, 0.2) is 0 Å². The fourth-order valence-electron chi connectivity index (χ4n) is 4.27. The SMILES string of the molecule is COc1ncc(-c2cc(N)c(C=N)c(-c3ncc(CN4CCN(C(C)C)CC4)o3)c2)cc1C(=O)O. The van der Waals surface area contributed by atoms with Gasteiger partial charge in [-0.3, -0.25) is 9.80 Å². The summed E-state index contributed by atoms with van der Waals surface area (Å²) in [5, 5.41) is 17.4. The second kappa shape index (κ2) is 10.2. The first-order valence-electron chi connectivity index (χ1n) is 11.4. The first-order valence-corrected chi connectivity index (χ1v) is 11.4. The fourth-order valence-corrected chi connectivity index (χ4v) is 4.27. The standard InChI is InChI=1S/C25H30N6O4/c1-15(2)31-6-4-30(5-7-31)14-18-13-29-24(35-18)19-8-16(10-22(27)21(19)11-26)17-9-20(25(32)33)23(34-3)28-12-17/h8-13,15,26H,4-7,14,27H2,1-3H3,(H,32,33). The summed E-state index contributed by atoms with van der Waals surface area (Å²) in [6.45, 7) is 9.02. The Balaban J connectivity index is 1.63. The molecule has 35 heavy (non-hydrogen) atoms. The average Bonchev–Trinajstić information content (AvgIpc) is 3.31. The second-order valence-corrected chi connectivity index (χ2v) is 8.79. The molecule has 184 valence electrons. The predicted octanol–water partition coefficient (Wildman–Crippen LogP) is 3.22. The van der Waals surface area contributed by atoms with Gasteiger partial charge in [-0.15, -0.1) is 0 Å². The largest absolute Gasteiger partial charge is 0.480 e. The maximum Gasteiger partial charge on any atom is 0.341 e. The minimum atomic E-state index is -1.15. The molecule has 2 aromatic heterocycles. The number of hydrogen-bond acceptors (Lipinski definition) is 9. The molecular formula is C25H30N6O4. The first-order chi connectivity index (χ1) is 16.8. The van der Waals surface area contributed by atoms with Crippen LogP contribution in [0.2, 0.25) is 0 Å². The van der Waals surface area contributed by atoms with Crippen molar-refractivity contribution in [2.75, 3.05) is 39.0 Å². The second-order valence-electron chi connectivity index (χ2n) is 8.79. The van der Waals surface area contributed by atoms with E-state index < -0.39 is 5.97 Å². The van der Waals surface area contributed by atoms with Crippen LogP contribution in [0.25, 0.3) is 22.6 Å². The van der Waals surface area contributed by atoms with E-state index in [2.05, 4.69) is 33.6 Å². The van der Waals surface area contributed by atoms with Crippen LogP contribution in [0, 0.1) is 5.41 Å². The number of nitrogens with zero attached hydrogens (tertiary/aromatic N) is 4. The Kier molecular flexibility index (Phi) is 7.13. The van der Waals surface area contributed by atoms with E-state index in [0.717, 1.165) is 31.9 Å². The Hall–Kier alpha value is -3.76. The molecule has 0 unspecified atom stereocenters. The average molecular weight is 479 g/mol. The maximum absolute atomic E-state index is 11.6. The number of aromatic carboxylic acids is 1. The van der Waals surface area contributed by atoms with Crippen LogP contribution in [-0.4, -0.2) is 76.4 Å². The highest BCUT2D eigenvalue weighted by atomic mass is 16.5. The fraction of sp³-hybridized carbons (Fsp3) is 0.360. The molecule has 0 bridgehead atoms. The molecule has 4 N–H and O–H groups in total. The molecule has 0 spiro atoms. The minimum absolute atomic E-state index is 0.0251. The maximum atomic E-state index is 11.6. The van der Waals surface area contributed by atoms with E-state index in [1.807, 2.05) is 0 Å². The number of anilines is 1. The van der Waals surface area contributed by atoms with E-state index >= 15 is 0 Å². The Morgan fingerprint density at radius 3 is 2.57 bits per heavy atom. The van der Waals surface area contributed by atoms with Crippen molar-refractivity contribution in [3.63, 3.8) is 0 Å². The van der Waals surface area contributed by atoms with E-state index in [0.29, 0.717) is 46.4 Å². The van der Waals surface area contributed by atoms with Gasteiger partial charge in [0.25, 0.3) is 0 Å². The van der Waals surface area contributed by atoms with Crippen molar-refractivity contribution in [2.45, 2.75) is 26.4 Å². The van der Waals surface area contributed by atoms with Crippen molar-refractivity contribution >= 4 is 17.9 Å². The smallest absolute Gasteiger partial charge is 0.341 e. The summed E-state index contributed by atoms with van der Waals surface area (Å²) < 4.78 is 11.1. The predicted molar refractivity (Wildman–Crippen MR) is 133 cm³/mol. The van der Waals surface area contributed by atoms with Gasteiger partial charge in [0.2, 0.25) is 11.8 Å². The molecule has 0 saturated carbocycles. The number of benzene rings is 1. The molecule has 1 saturated heterocycles. The third-order valence-corrected chi connectivity index (χ3v) is 6.27. The number of nitrogens with one attached hydrogen (secondary N) is 1. The molecule has 10 heteroatoms. The van der Waals surface area contributed by atoms with Crippen LogP contribution in [-0.2, 0) is 6.54 Å². The first kappa shape index (κ1) is 24.4. The highest BCUT2D eigenvalue weighted by Gasteiger charge is 2.21. The summed E-state index contributed by atoms with van der Waals surface area (Å²) >= 11 is 0. The lowest BCUT2D eigenvalue weighted by molar-refractivity contribution is 0.0692. The van der Waals surface area contributed by atoms with Crippen LogP contribution < -0.4 is 10.5 Å². The van der Waals surface area contributed by atoms with Gasteiger partial charge in [0, 0.05) is 67.0 Å². The molecule has 1 aliphatic heterocycles. The number of oxazole rings is 1. The Bertz CT molecular complexity index is 1230. The molecule has 1 fully saturated rings. The summed E-state index contributed by atoms with van der Waals surface area (Å²) in [5.41, 5.74) is 8.76. The lowest BCUT2D eigenvalue weighted by Crippen LogP contribution is -2.48. The van der Waals surface area contributed by atoms with Gasteiger partial charge in [0.1, 0.15) is 11.3 Å². The molecule has 1 aliphatic rings. The monoisotopic (exact) mass is 478 g/mol. The number of carboxylic acid groups (broad SMARTS) is 1. The lowest BCUT2D eigenvalue weighted by Gasteiger charge is -2.36. The van der Waals surface area contributed by atoms with Gasteiger partial charge in [-0.2, -0.15) is 0 Å². The normalized spacial score (nSPS) is 14.9. The zero-order chi connectivity index (χ0) is 25.1. The summed E-state index contributed by atoms with van der Waals surface area (Å²) in [5.74, 6) is -0.0332. The van der Waals surface area contributed by atoms with Crippen LogP contribution in [0.15, 0.2) is 35.0 Å². The molecule has 0 aliphatic carbocycles. The number of nitrogen functional groups attached to an aromatic ring is 1. The van der Waals surface area contributed by atoms with Crippen LogP contribution in [0.1, 0.15) is 35.5 Å². The highest BCUT2D eigenvalue weighted by molar-refractivity contribution is 5.97. The van der Waals surface area contributed by atoms with Gasteiger partial charge in [-0.25, -0.2) is 14.8 Å². The van der Waals surface area contributed by atoms with Gasteiger partial charge in [-0.1, -0.05) is 0 Å². The van der Waals surface area contributed by atoms with Crippen molar-refractivity contribution in [1.29, 1.82) is 5.41 Å². The van der Waals surface area contributed by atoms with Gasteiger partial charge < -0.3 is 25.4 Å². The number of piperazine rings is 1. The number of rotatable bonds is 8. The topological polar surface area (TPSA) is 142 Å². The van der Waals surface area contributed by atoms with E-state index in [4.69, 9.17) is 20.3 Å². The number of methoxy groups -OCH3 is 1. The third kappa shape index (κ3) is 5.18. The van der Waals surface area contributed by atoms with Crippen molar-refractivity contribution < 1.29 is 19.1 Å². The molecule has 4 rings (SSSR count). The van der Waals surface area contributed by atoms with Gasteiger partial charge in [-0.05, 0) is 37.6 Å². The number of hydrogen-bond donors (Lipinski definition) is 3. The number of carboxylic acids is 1. The number of pyridine rings is 1. The Morgan fingerprint density at radius 1 is 1.20 bits per heavy atom. The molecular weight excluding hydrogens is 448 g/mol. The number of aromatic nitrogens is 2. The quantitative estimate of drug-likeness (QED) is 0.328. The molecule has 0 radical (unpaired) electrons. The van der Waals surface area contributed by atoms with E-state index in [1.165, 1.54) is 25.6 Å². The molecule has 1 aromatic carbocycles. The van der Waals surface area contributed by atoms with Crippen LogP contribution in [0.4, 0.5) is 5.69 Å². The molecule has 10 nitrogen and oxygen atoms in total. The van der Waals surface area contributed by atoms with Crippen LogP contribution >= 0.6 is 0 Å². The third-order valence-electron chi connectivity index (χ3n) is 6.27. The van der Waals surface area contributed by atoms with E-state index in [9.17, 15) is 9.90 Å². The summed E-state index contributed by atoms with van der Waals surface area (Å²) in [6, 6.07) is 5.48. The molecule has 0 atom stereocenters. The lowest BCUT2D eigenvalue weighted by atomic mass is 9.97. The number of ether oxygens (including phenoxy) is 1. The van der Waals surface area contributed by atoms with Gasteiger partial charge in [0.05, 0.1) is 19.9 Å². The van der Waals surface area contributed by atoms with Crippen molar-refractivity contribution in [3.8, 4) is 28.5 Å². The summed E-state index contributed by atoms with van der Waals surface area (Å²) in [4.78, 5) is 25.0. The number of nitrogens with two attached hydrogens (primary N) is 1. The van der Waals surface area contributed by atoms with Gasteiger partial charge >= 0.3 is 5.97 Å². The Morgan fingerprint density at radius 2 is 1.94 bits per heavy atom. The molecule has 3 heterocycles. The summed E-state index contributed by atoms with van der Waals surface area (Å²) in [7, 11) is 1.37. The van der Waals surface area contributed by atoms with E-state index in [-0.39, 0.29) is 11.4 Å². The van der Waals surface area contributed by atoms with Crippen molar-refractivity contribution in [2.24, 2.45) is 0 Å². The van der Waals surface area contributed by atoms with Crippen LogP contribution in [0.3, 0.4) is 0 Å². The molecule has 3 aromatic rings. The zero-order valence-corrected chi connectivity index (χ0v) is 20.1. The minimum Gasteiger partial charge on any atom is -0.480 e. The molecule has 0 amide bonds. The zero-order valence-electron chi connectivity index (χ0n) is 20.1. The summed E-state index contributed by atoms with van der Waals surface area (Å²) in [6.07, 6.45) is 4.39. The Labute approximate surface area is 203 Å². The number of carbonyl (C=O) groups is 1. The van der Waals surface area contributed by atoms with Crippen molar-refractivity contribution in [1.82, 2.24) is 19.8 Å².